The van der Waals surface area contributed by atoms with E-state index in [1.807, 2.05) is 13.8 Å². The highest BCUT2D eigenvalue weighted by molar-refractivity contribution is 6.37. The summed E-state index contributed by atoms with van der Waals surface area (Å²) >= 11 is 24.2. The van der Waals surface area contributed by atoms with Crippen LogP contribution in [0.2, 0.25) is 20.1 Å². The standard InChI is InChI=1S/C20H18Cl4N4O2/c1-10(2)20(3)17(25)27(16-8-13(23)5-14(24)9-16)19(30)28(20)18(29)26-15-6-11(21)4-12(22)7-15/h4-10,25H,1-3H3,(H,26,29). The molecule has 158 valence electrons. The number of amides is 4. The molecule has 1 fully saturated rings. The topological polar surface area (TPSA) is 76.5 Å². The Morgan fingerprint density at radius 1 is 0.967 bits per heavy atom. The fraction of sp³-hybridized carbons (Fsp3) is 0.250. The molecule has 1 unspecified atom stereocenters. The molecule has 6 nitrogen and oxygen atoms in total. The molecule has 0 radical (unpaired) electrons. The number of carbonyl (C=O) groups excluding carboxylic acids is 2. The number of carbonyl (C=O) groups is 2. The van der Waals surface area contributed by atoms with Crippen molar-refractivity contribution in [3.63, 3.8) is 0 Å². The van der Waals surface area contributed by atoms with Crippen molar-refractivity contribution in [3.05, 3.63) is 56.5 Å². The van der Waals surface area contributed by atoms with Crippen molar-refractivity contribution in [1.29, 1.82) is 5.41 Å². The lowest BCUT2D eigenvalue weighted by molar-refractivity contribution is 0.165. The van der Waals surface area contributed by atoms with Gasteiger partial charge in [0, 0.05) is 25.8 Å². The Morgan fingerprint density at radius 2 is 1.43 bits per heavy atom. The van der Waals surface area contributed by atoms with E-state index in [1.54, 1.807) is 6.92 Å². The summed E-state index contributed by atoms with van der Waals surface area (Å²) in [5, 5.41) is 12.6. The van der Waals surface area contributed by atoms with E-state index < -0.39 is 17.6 Å². The molecule has 1 atom stereocenters. The van der Waals surface area contributed by atoms with Gasteiger partial charge in [-0.25, -0.2) is 19.4 Å². The maximum atomic E-state index is 13.3. The van der Waals surface area contributed by atoms with Gasteiger partial charge in [0.1, 0.15) is 11.4 Å². The first kappa shape index (κ1) is 22.7. The molecule has 1 aliphatic heterocycles. The SMILES string of the molecule is CC(C)C1(C)C(=N)N(c2cc(Cl)cc(Cl)c2)C(=O)N1C(=O)Nc1cc(Cl)cc(Cl)c1. The lowest BCUT2D eigenvalue weighted by atomic mass is 9.86. The zero-order valence-electron chi connectivity index (χ0n) is 16.3. The van der Waals surface area contributed by atoms with Crippen molar-refractivity contribution >= 4 is 75.7 Å². The highest BCUT2D eigenvalue weighted by Crippen LogP contribution is 2.39. The highest BCUT2D eigenvalue weighted by Gasteiger charge is 2.56. The Hall–Kier alpha value is -1.99. The van der Waals surface area contributed by atoms with Crippen LogP contribution in [-0.4, -0.2) is 28.3 Å². The maximum absolute atomic E-state index is 13.3. The van der Waals surface area contributed by atoms with Crippen molar-refractivity contribution in [2.75, 3.05) is 10.2 Å². The zero-order chi connectivity index (χ0) is 22.4. The van der Waals surface area contributed by atoms with Crippen LogP contribution in [0.4, 0.5) is 21.0 Å². The van der Waals surface area contributed by atoms with E-state index in [9.17, 15) is 9.59 Å². The van der Waals surface area contributed by atoms with Gasteiger partial charge in [-0.3, -0.25) is 5.41 Å². The molecule has 1 heterocycles. The number of nitrogens with one attached hydrogen (secondary N) is 2. The average Bonchev–Trinajstić information content (AvgIpc) is 2.80. The Bertz CT molecular complexity index is 1020. The molecule has 3 rings (SSSR count). The number of amidine groups is 1. The first-order valence-corrected chi connectivity index (χ1v) is 10.4. The third-order valence-corrected chi connectivity index (χ3v) is 5.97. The molecule has 0 aliphatic carbocycles. The van der Waals surface area contributed by atoms with Crippen LogP contribution in [0.15, 0.2) is 36.4 Å². The lowest BCUT2D eigenvalue weighted by Crippen LogP contribution is -2.54. The Kier molecular flexibility index (Phi) is 6.25. The van der Waals surface area contributed by atoms with Gasteiger partial charge in [-0.2, -0.15) is 0 Å². The van der Waals surface area contributed by atoms with Crippen LogP contribution < -0.4 is 10.2 Å². The molecule has 4 amide bonds. The minimum absolute atomic E-state index is 0.0693. The number of benzene rings is 2. The number of rotatable bonds is 3. The Labute approximate surface area is 194 Å². The molecule has 2 N–H and O–H groups in total. The second-order valence-corrected chi connectivity index (χ2v) is 9.07. The number of anilines is 2. The van der Waals surface area contributed by atoms with Gasteiger partial charge in [0.2, 0.25) is 0 Å². The highest BCUT2D eigenvalue weighted by atomic mass is 35.5. The van der Waals surface area contributed by atoms with Crippen LogP contribution in [0.25, 0.3) is 0 Å². The van der Waals surface area contributed by atoms with Crippen molar-refractivity contribution in [2.45, 2.75) is 26.3 Å². The van der Waals surface area contributed by atoms with Crippen molar-refractivity contribution in [2.24, 2.45) is 5.92 Å². The van der Waals surface area contributed by atoms with Gasteiger partial charge >= 0.3 is 12.1 Å². The van der Waals surface area contributed by atoms with Gasteiger partial charge < -0.3 is 5.32 Å². The number of urea groups is 2. The van der Waals surface area contributed by atoms with Crippen LogP contribution >= 0.6 is 46.4 Å². The summed E-state index contributed by atoms with van der Waals surface area (Å²) in [6.45, 7) is 5.31. The number of hydrogen-bond acceptors (Lipinski definition) is 3. The molecule has 2 aromatic carbocycles. The third-order valence-electron chi connectivity index (χ3n) is 5.10. The van der Waals surface area contributed by atoms with Crippen LogP contribution in [0.3, 0.4) is 0 Å². The van der Waals surface area contributed by atoms with E-state index >= 15 is 0 Å². The molecule has 1 saturated heterocycles. The quantitative estimate of drug-likeness (QED) is 0.481. The summed E-state index contributed by atoms with van der Waals surface area (Å²) in [7, 11) is 0. The monoisotopic (exact) mass is 486 g/mol. The zero-order valence-corrected chi connectivity index (χ0v) is 19.3. The molecular formula is C20H18Cl4N4O2. The van der Waals surface area contributed by atoms with Crippen LogP contribution in [0, 0.1) is 11.3 Å². The second kappa shape index (κ2) is 8.27. The maximum Gasteiger partial charge on any atom is 0.339 e. The molecular weight excluding hydrogens is 470 g/mol. The van der Waals surface area contributed by atoms with E-state index in [2.05, 4.69) is 5.32 Å². The summed E-state index contributed by atoms with van der Waals surface area (Å²) in [5.74, 6) is -0.331. The number of hydrogen-bond donors (Lipinski definition) is 2. The summed E-state index contributed by atoms with van der Waals surface area (Å²) in [6.07, 6.45) is 0. The summed E-state index contributed by atoms with van der Waals surface area (Å²) < 4.78 is 0. The fourth-order valence-electron chi connectivity index (χ4n) is 3.27. The second-order valence-electron chi connectivity index (χ2n) is 7.32. The minimum Gasteiger partial charge on any atom is -0.307 e. The molecule has 1 aliphatic rings. The van der Waals surface area contributed by atoms with Gasteiger partial charge in [0.05, 0.1) is 5.69 Å². The molecule has 2 aromatic rings. The predicted molar refractivity (Wildman–Crippen MR) is 123 cm³/mol. The summed E-state index contributed by atoms with van der Waals surface area (Å²) in [4.78, 5) is 28.6. The Morgan fingerprint density at radius 3 is 1.90 bits per heavy atom. The largest absolute Gasteiger partial charge is 0.339 e. The number of nitrogens with zero attached hydrogens (tertiary/aromatic N) is 2. The summed E-state index contributed by atoms with van der Waals surface area (Å²) in [5.41, 5.74) is -0.596. The number of halogens is 4. The predicted octanol–water partition coefficient (Wildman–Crippen LogP) is 7.17. The fourth-order valence-corrected chi connectivity index (χ4v) is 4.31. The molecule has 0 bridgehead atoms. The van der Waals surface area contributed by atoms with Crippen molar-refractivity contribution in [1.82, 2.24) is 4.90 Å². The van der Waals surface area contributed by atoms with E-state index in [1.165, 1.54) is 36.4 Å². The molecule has 0 spiro atoms. The van der Waals surface area contributed by atoms with E-state index in [0.29, 0.717) is 31.5 Å². The first-order chi connectivity index (χ1) is 13.9. The molecule has 0 saturated carbocycles. The van der Waals surface area contributed by atoms with E-state index in [4.69, 9.17) is 51.8 Å². The first-order valence-electron chi connectivity index (χ1n) is 8.91. The van der Waals surface area contributed by atoms with Crippen LogP contribution in [0.1, 0.15) is 20.8 Å². The molecule has 30 heavy (non-hydrogen) atoms. The number of imide groups is 1. The van der Waals surface area contributed by atoms with Gasteiger partial charge in [-0.1, -0.05) is 60.3 Å². The van der Waals surface area contributed by atoms with E-state index in [0.717, 1.165) is 9.80 Å². The third kappa shape index (κ3) is 3.97. The average molecular weight is 488 g/mol. The lowest BCUT2D eigenvalue weighted by Gasteiger charge is -2.35. The Balaban J connectivity index is 2.04. The van der Waals surface area contributed by atoms with Crippen LogP contribution in [-0.2, 0) is 0 Å². The molecule has 10 heteroatoms. The van der Waals surface area contributed by atoms with Crippen molar-refractivity contribution < 1.29 is 9.59 Å². The summed E-state index contributed by atoms with van der Waals surface area (Å²) in [6, 6.07) is 7.69. The van der Waals surface area contributed by atoms with Gasteiger partial charge in [0.15, 0.2) is 0 Å². The normalized spacial score (nSPS) is 19.1. The van der Waals surface area contributed by atoms with Gasteiger partial charge in [-0.05, 0) is 49.2 Å². The van der Waals surface area contributed by atoms with E-state index in [-0.39, 0.29) is 11.8 Å². The van der Waals surface area contributed by atoms with Gasteiger partial charge in [0.25, 0.3) is 0 Å². The smallest absolute Gasteiger partial charge is 0.307 e. The van der Waals surface area contributed by atoms with Gasteiger partial charge in [-0.15, -0.1) is 0 Å². The van der Waals surface area contributed by atoms with Crippen LogP contribution in [0.5, 0.6) is 0 Å². The minimum atomic E-state index is -1.22. The molecule has 0 aromatic heterocycles. The van der Waals surface area contributed by atoms with Crippen molar-refractivity contribution in [3.8, 4) is 0 Å².